The molecule has 0 fully saturated rings. The summed E-state index contributed by atoms with van der Waals surface area (Å²) in [5, 5.41) is 3.41. The van der Waals surface area contributed by atoms with Crippen molar-refractivity contribution >= 4 is 0 Å². The third kappa shape index (κ3) is 2.74. The summed E-state index contributed by atoms with van der Waals surface area (Å²) in [6.07, 6.45) is 4.59. The summed E-state index contributed by atoms with van der Waals surface area (Å²) in [5.41, 5.74) is 2.27. The highest BCUT2D eigenvalue weighted by Crippen LogP contribution is 2.19. The first-order valence-electron chi connectivity index (χ1n) is 4.66. The Balaban J connectivity index is 2.63. The normalized spacial score (nSPS) is 12.8. The molecular weight excluding hydrogens is 162 g/mol. The summed E-state index contributed by atoms with van der Waals surface area (Å²) in [6.45, 7) is 9.14. The Hall–Kier alpha value is -1.02. The molecule has 1 N–H and O–H groups in total. The van der Waals surface area contributed by atoms with Gasteiger partial charge >= 0.3 is 0 Å². The SMILES string of the molecule is C=C(C)C(NCCC)c1ccoc1. The second kappa shape index (κ2) is 4.87. The predicted octanol–water partition coefficient (Wildman–Crippen LogP) is 2.90. The third-order valence-corrected chi connectivity index (χ3v) is 1.97. The van der Waals surface area contributed by atoms with Crippen molar-refractivity contribution in [3.63, 3.8) is 0 Å². The predicted molar refractivity (Wildman–Crippen MR) is 54.6 cm³/mol. The summed E-state index contributed by atoms with van der Waals surface area (Å²) >= 11 is 0. The van der Waals surface area contributed by atoms with Crippen molar-refractivity contribution in [3.05, 3.63) is 36.3 Å². The fraction of sp³-hybridized carbons (Fsp3) is 0.455. The molecule has 13 heavy (non-hydrogen) atoms. The van der Waals surface area contributed by atoms with Crippen LogP contribution in [0.5, 0.6) is 0 Å². The Bertz CT molecular complexity index is 251. The van der Waals surface area contributed by atoms with Crippen LogP contribution < -0.4 is 5.32 Å². The minimum absolute atomic E-state index is 0.235. The van der Waals surface area contributed by atoms with E-state index in [1.54, 1.807) is 12.5 Å². The molecule has 0 radical (unpaired) electrons. The van der Waals surface area contributed by atoms with E-state index < -0.39 is 0 Å². The number of nitrogens with one attached hydrogen (secondary N) is 1. The van der Waals surface area contributed by atoms with Crippen LogP contribution in [-0.2, 0) is 0 Å². The van der Waals surface area contributed by atoms with Gasteiger partial charge in [-0.3, -0.25) is 0 Å². The molecule has 1 aromatic rings. The van der Waals surface area contributed by atoms with Crippen LogP contribution >= 0.6 is 0 Å². The molecule has 0 aliphatic heterocycles. The molecule has 2 nitrogen and oxygen atoms in total. The second-order valence-corrected chi connectivity index (χ2v) is 3.29. The summed E-state index contributed by atoms with van der Waals surface area (Å²) in [6, 6.07) is 2.21. The van der Waals surface area contributed by atoms with Gasteiger partial charge in [-0.25, -0.2) is 0 Å². The van der Waals surface area contributed by atoms with Gasteiger partial charge in [0, 0.05) is 5.56 Å². The molecule has 1 unspecified atom stereocenters. The molecule has 1 rings (SSSR count). The minimum Gasteiger partial charge on any atom is -0.472 e. The van der Waals surface area contributed by atoms with Crippen LogP contribution in [-0.4, -0.2) is 6.54 Å². The van der Waals surface area contributed by atoms with Crippen LogP contribution in [0.25, 0.3) is 0 Å². The van der Waals surface area contributed by atoms with E-state index in [1.807, 2.05) is 13.0 Å². The lowest BCUT2D eigenvalue weighted by molar-refractivity contribution is 0.546. The lowest BCUT2D eigenvalue weighted by Crippen LogP contribution is -2.22. The molecule has 0 spiro atoms. The molecule has 0 aromatic carbocycles. The van der Waals surface area contributed by atoms with Gasteiger partial charge in [0.05, 0.1) is 18.6 Å². The Morgan fingerprint density at radius 3 is 2.92 bits per heavy atom. The fourth-order valence-electron chi connectivity index (χ4n) is 1.30. The number of hydrogen-bond acceptors (Lipinski definition) is 2. The van der Waals surface area contributed by atoms with E-state index in [0.717, 1.165) is 24.1 Å². The Labute approximate surface area is 79.6 Å². The maximum absolute atomic E-state index is 5.04. The average molecular weight is 179 g/mol. The van der Waals surface area contributed by atoms with Gasteiger partial charge < -0.3 is 9.73 Å². The Kier molecular flexibility index (Phi) is 3.77. The summed E-state index contributed by atoms with van der Waals surface area (Å²) < 4.78 is 5.04. The largest absolute Gasteiger partial charge is 0.472 e. The average Bonchev–Trinajstić information content (AvgIpc) is 2.57. The Morgan fingerprint density at radius 2 is 2.46 bits per heavy atom. The molecule has 1 aromatic heterocycles. The van der Waals surface area contributed by atoms with E-state index in [1.165, 1.54) is 0 Å². The van der Waals surface area contributed by atoms with Crippen molar-refractivity contribution in [2.75, 3.05) is 6.54 Å². The van der Waals surface area contributed by atoms with Gasteiger partial charge in [0.15, 0.2) is 0 Å². The molecule has 1 atom stereocenters. The van der Waals surface area contributed by atoms with E-state index in [9.17, 15) is 0 Å². The molecule has 0 saturated carbocycles. The molecule has 0 saturated heterocycles. The van der Waals surface area contributed by atoms with E-state index >= 15 is 0 Å². The first-order valence-corrected chi connectivity index (χ1v) is 4.66. The molecule has 72 valence electrons. The van der Waals surface area contributed by atoms with Crippen molar-refractivity contribution in [1.29, 1.82) is 0 Å². The van der Waals surface area contributed by atoms with E-state index in [2.05, 4.69) is 18.8 Å². The first kappa shape index (κ1) is 10.1. The van der Waals surface area contributed by atoms with Crippen LogP contribution in [0.3, 0.4) is 0 Å². The number of hydrogen-bond donors (Lipinski definition) is 1. The van der Waals surface area contributed by atoms with Crippen molar-refractivity contribution in [3.8, 4) is 0 Å². The summed E-state index contributed by atoms with van der Waals surface area (Å²) in [7, 11) is 0. The van der Waals surface area contributed by atoms with Crippen LogP contribution in [0, 0.1) is 0 Å². The highest BCUT2D eigenvalue weighted by molar-refractivity contribution is 5.21. The molecule has 0 aliphatic rings. The Morgan fingerprint density at radius 1 is 1.69 bits per heavy atom. The standard InChI is InChI=1S/C11H17NO/c1-4-6-12-11(9(2)3)10-5-7-13-8-10/h5,7-8,11-12H,2,4,6H2,1,3H3. The van der Waals surface area contributed by atoms with Crippen LogP contribution in [0.4, 0.5) is 0 Å². The molecule has 0 bridgehead atoms. The van der Waals surface area contributed by atoms with E-state index in [0.29, 0.717) is 0 Å². The molecular formula is C11H17NO. The monoisotopic (exact) mass is 179 g/mol. The van der Waals surface area contributed by atoms with Crippen molar-refractivity contribution in [2.45, 2.75) is 26.3 Å². The van der Waals surface area contributed by atoms with Gasteiger partial charge in [-0.15, -0.1) is 0 Å². The van der Waals surface area contributed by atoms with Crippen molar-refractivity contribution < 1.29 is 4.42 Å². The van der Waals surface area contributed by atoms with E-state index in [4.69, 9.17) is 4.42 Å². The van der Waals surface area contributed by atoms with Crippen molar-refractivity contribution in [2.24, 2.45) is 0 Å². The smallest absolute Gasteiger partial charge is 0.0953 e. The topological polar surface area (TPSA) is 25.2 Å². The first-order chi connectivity index (χ1) is 6.25. The zero-order chi connectivity index (χ0) is 9.68. The van der Waals surface area contributed by atoms with E-state index in [-0.39, 0.29) is 6.04 Å². The van der Waals surface area contributed by atoms with Gasteiger partial charge in [-0.1, -0.05) is 19.1 Å². The highest BCUT2D eigenvalue weighted by Gasteiger charge is 2.11. The number of rotatable bonds is 5. The highest BCUT2D eigenvalue weighted by atomic mass is 16.3. The van der Waals surface area contributed by atoms with Crippen LogP contribution in [0.1, 0.15) is 31.9 Å². The summed E-state index contributed by atoms with van der Waals surface area (Å²) in [5.74, 6) is 0. The van der Waals surface area contributed by atoms with Gasteiger partial charge in [-0.05, 0) is 26.0 Å². The van der Waals surface area contributed by atoms with Crippen molar-refractivity contribution in [1.82, 2.24) is 5.32 Å². The van der Waals surface area contributed by atoms with Gasteiger partial charge in [0.2, 0.25) is 0 Å². The van der Waals surface area contributed by atoms with Crippen LogP contribution in [0.2, 0.25) is 0 Å². The molecule has 1 heterocycles. The molecule has 2 heteroatoms. The second-order valence-electron chi connectivity index (χ2n) is 3.29. The maximum Gasteiger partial charge on any atom is 0.0953 e. The van der Waals surface area contributed by atoms with Gasteiger partial charge in [0.25, 0.3) is 0 Å². The summed E-state index contributed by atoms with van der Waals surface area (Å²) in [4.78, 5) is 0. The van der Waals surface area contributed by atoms with Gasteiger partial charge in [0.1, 0.15) is 0 Å². The quantitative estimate of drug-likeness (QED) is 0.703. The third-order valence-electron chi connectivity index (χ3n) is 1.97. The van der Waals surface area contributed by atoms with Crippen LogP contribution in [0.15, 0.2) is 35.2 Å². The molecule has 0 amide bonds. The fourth-order valence-corrected chi connectivity index (χ4v) is 1.30. The molecule has 0 aliphatic carbocycles. The maximum atomic E-state index is 5.04. The lowest BCUT2D eigenvalue weighted by atomic mass is 10.0. The number of furan rings is 1. The van der Waals surface area contributed by atoms with Gasteiger partial charge in [-0.2, -0.15) is 0 Å². The minimum atomic E-state index is 0.235. The zero-order valence-electron chi connectivity index (χ0n) is 8.34. The lowest BCUT2D eigenvalue weighted by Gasteiger charge is -2.16. The zero-order valence-corrected chi connectivity index (χ0v) is 8.34.